The molecule has 2 aromatic rings. The van der Waals surface area contributed by atoms with Crippen molar-refractivity contribution in [1.82, 2.24) is 15.6 Å². The molecule has 0 aliphatic heterocycles. The van der Waals surface area contributed by atoms with Gasteiger partial charge in [-0.15, -0.1) is 30.4 Å². The number of aromatic amines is 1. The van der Waals surface area contributed by atoms with Crippen LogP contribution >= 0.6 is 24.0 Å². The van der Waals surface area contributed by atoms with E-state index in [9.17, 15) is 0 Å². The molecular weight excluding hydrogens is 363 g/mol. The number of nitrogens with one attached hydrogen (secondary N) is 3. The van der Waals surface area contributed by atoms with Crippen molar-refractivity contribution in [3.8, 4) is 12.3 Å². The van der Waals surface area contributed by atoms with Gasteiger partial charge in [-0.3, -0.25) is 0 Å². The van der Waals surface area contributed by atoms with E-state index in [-0.39, 0.29) is 24.0 Å². The normalized spacial score (nSPS) is 10.7. The van der Waals surface area contributed by atoms with Crippen molar-refractivity contribution in [2.75, 3.05) is 13.1 Å². The molecule has 0 aliphatic rings. The Labute approximate surface area is 136 Å². The smallest absolute Gasteiger partial charge is 0.192 e. The number of nitrogens with zero attached hydrogens (tertiary/aromatic N) is 1. The number of hydrogen-bond acceptors (Lipinski definition) is 1. The highest BCUT2D eigenvalue weighted by Crippen LogP contribution is 2.14. The van der Waals surface area contributed by atoms with E-state index in [1.165, 1.54) is 5.39 Å². The number of halogens is 1. The lowest BCUT2D eigenvalue weighted by molar-refractivity contribution is 0.860. The molecule has 0 amide bonds. The van der Waals surface area contributed by atoms with E-state index in [1.54, 1.807) is 0 Å². The van der Waals surface area contributed by atoms with Crippen molar-refractivity contribution < 1.29 is 0 Å². The van der Waals surface area contributed by atoms with E-state index in [0.717, 1.165) is 23.7 Å². The van der Waals surface area contributed by atoms with E-state index in [0.29, 0.717) is 13.1 Å². The zero-order valence-electron chi connectivity index (χ0n) is 11.4. The number of aliphatic imine (C=N–C) groups is 1. The highest BCUT2D eigenvalue weighted by Gasteiger charge is 2.00. The fraction of sp³-hybridized carbons (Fsp3) is 0.267. The van der Waals surface area contributed by atoms with Gasteiger partial charge in [-0.05, 0) is 24.4 Å². The standard InChI is InChI=1S/C15H18N4.HI/c1-3-9-17-15(16-4-2)18-11-13-10-12-7-5-6-8-14(12)19-13;/h1,5-8,10,19H,4,9,11H2,2H3,(H2,16,17,18);1H. The summed E-state index contributed by atoms with van der Waals surface area (Å²) >= 11 is 0. The van der Waals surface area contributed by atoms with Crippen LogP contribution in [0.5, 0.6) is 0 Å². The summed E-state index contributed by atoms with van der Waals surface area (Å²) in [4.78, 5) is 7.83. The van der Waals surface area contributed by atoms with E-state index < -0.39 is 0 Å². The van der Waals surface area contributed by atoms with Crippen LogP contribution in [0, 0.1) is 12.3 Å². The molecule has 0 radical (unpaired) electrons. The molecule has 1 heterocycles. The summed E-state index contributed by atoms with van der Waals surface area (Å²) in [6.45, 7) is 3.90. The van der Waals surface area contributed by atoms with E-state index in [2.05, 4.69) is 44.7 Å². The number of rotatable bonds is 4. The maximum absolute atomic E-state index is 5.23. The maximum atomic E-state index is 5.23. The highest BCUT2D eigenvalue weighted by molar-refractivity contribution is 14.0. The molecule has 0 spiro atoms. The third kappa shape index (κ3) is 4.46. The molecule has 0 saturated heterocycles. The fourth-order valence-corrected chi connectivity index (χ4v) is 1.86. The van der Waals surface area contributed by atoms with Gasteiger partial charge in [0.05, 0.1) is 13.1 Å². The van der Waals surface area contributed by atoms with Crippen molar-refractivity contribution in [3.05, 3.63) is 36.0 Å². The number of H-pyrrole nitrogens is 1. The van der Waals surface area contributed by atoms with Crippen LogP contribution in [0.4, 0.5) is 0 Å². The highest BCUT2D eigenvalue weighted by atomic mass is 127. The molecular formula is C15H19IN4. The molecule has 0 unspecified atom stereocenters. The Morgan fingerprint density at radius 2 is 2.15 bits per heavy atom. The summed E-state index contributed by atoms with van der Waals surface area (Å²) in [6.07, 6.45) is 5.23. The summed E-state index contributed by atoms with van der Waals surface area (Å²) in [5.74, 6) is 3.27. The molecule has 0 aliphatic carbocycles. The number of aromatic nitrogens is 1. The molecule has 0 atom stereocenters. The van der Waals surface area contributed by atoms with Gasteiger partial charge >= 0.3 is 0 Å². The topological polar surface area (TPSA) is 52.2 Å². The quantitative estimate of drug-likeness (QED) is 0.329. The zero-order valence-corrected chi connectivity index (χ0v) is 13.8. The molecule has 2 rings (SSSR count). The molecule has 0 bridgehead atoms. The van der Waals surface area contributed by atoms with E-state index in [1.807, 2.05) is 19.1 Å². The first kappa shape index (κ1) is 16.4. The minimum Gasteiger partial charge on any atom is -0.357 e. The predicted octanol–water partition coefficient (Wildman–Crippen LogP) is 2.47. The van der Waals surface area contributed by atoms with Crippen LogP contribution < -0.4 is 10.6 Å². The van der Waals surface area contributed by atoms with Crippen LogP contribution in [0.1, 0.15) is 12.6 Å². The Morgan fingerprint density at radius 3 is 2.85 bits per heavy atom. The third-order valence-corrected chi connectivity index (χ3v) is 2.70. The van der Waals surface area contributed by atoms with Crippen LogP contribution in [0.2, 0.25) is 0 Å². The number of terminal acetylenes is 1. The summed E-state index contributed by atoms with van der Waals surface area (Å²) < 4.78 is 0. The molecule has 0 fully saturated rings. The Kier molecular flexibility index (Phi) is 6.94. The van der Waals surface area contributed by atoms with Gasteiger partial charge in [-0.25, -0.2) is 4.99 Å². The van der Waals surface area contributed by atoms with Crippen LogP contribution in [-0.2, 0) is 6.54 Å². The van der Waals surface area contributed by atoms with Crippen molar-refractivity contribution >= 4 is 40.8 Å². The van der Waals surface area contributed by atoms with Crippen LogP contribution in [0.25, 0.3) is 10.9 Å². The first-order valence-electron chi connectivity index (χ1n) is 6.35. The van der Waals surface area contributed by atoms with Crippen molar-refractivity contribution in [1.29, 1.82) is 0 Å². The number of benzene rings is 1. The van der Waals surface area contributed by atoms with E-state index in [4.69, 9.17) is 6.42 Å². The van der Waals surface area contributed by atoms with Gasteiger partial charge in [-0.2, -0.15) is 0 Å². The Balaban J connectivity index is 0.00000200. The first-order valence-corrected chi connectivity index (χ1v) is 6.35. The summed E-state index contributed by atoms with van der Waals surface area (Å²) in [5.41, 5.74) is 2.22. The van der Waals surface area contributed by atoms with Crippen LogP contribution in [0.15, 0.2) is 35.3 Å². The SMILES string of the molecule is C#CCNC(=NCc1cc2ccccc2[nH]1)NCC.I. The average Bonchev–Trinajstić information content (AvgIpc) is 2.84. The lowest BCUT2D eigenvalue weighted by Gasteiger charge is -2.08. The molecule has 3 N–H and O–H groups in total. The predicted molar refractivity (Wildman–Crippen MR) is 95.4 cm³/mol. The van der Waals surface area contributed by atoms with Crippen LogP contribution in [-0.4, -0.2) is 24.0 Å². The van der Waals surface area contributed by atoms with Gasteiger partial charge in [0, 0.05) is 17.8 Å². The minimum absolute atomic E-state index is 0. The number of fused-ring (bicyclic) bond motifs is 1. The molecule has 5 heteroatoms. The molecule has 1 aromatic carbocycles. The van der Waals surface area contributed by atoms with Crippen LogP contribution in [0.3, 0.4) is 0 Å². The van der Waals surface area contributed by atoms with Gasteiger partial charge in [0.15, 0.2) is 5.96 Å². The second-order valence-corrected chi connectivity index (χ2v) is 4.13. The Morgan fingerprint density at radius 1 is 1.35 bits per heavy atom. The summed E-state index contributed by atoms with van der Waals surface area (Å²) in [6, 6.07) is 10.3. The van der Waals surface area contributed by atoms with E-state index >= 15 is 0 Å². The largest absolute Gasteiger partial charge is 0.357 e. The molecule has 1 aromatic heterocycles. The number of guanidine groups is 1. The monoisotopic (exact) mass is 382 g/mol. The second kappa shape index (κ2) is 8.48. The Hall–Kier alpha value is -1.68. The lowest BCUT2D eigenvalue weighted by Crippen LogP contribution is -2.37. The summed E-state index contributed by atoms with van der Waals surface area (Å²) in [5, 5.41) is 7.42. The van der Waals surface area contributed by atoms with Gasteiger partial charge < -0.3 is 15.6 Å². The average molecular weight is 382 g/mol. The van der Waals surface area contributed by atoms with Crippen molar-refractivity contribution in [2.45, 2.75) is 13.5 Å². The molecule has 4 nitrogen and oxygen atoms in total. The lowest BCUT2D eigenvalue weighted by atomic mass is 10.2. The number of para-hydroxylation sites is 1. The summed E-state index contributed by atoms with van der Waals surface area (Å²) in [7, 11) is 0. The van der Waals surface area contributed by atoms with Crippen molar-refractivity contribution in [3.63, 3.8) is 0 Å². The number of hydrogen-bond donors (Lipinski definition) is 3. The molecule has 106 valence electrons. The zero-order chi connectivity index (χ0) is 13.5. The molecule has 0 saturated carbocycles. The first-order chi connectivity index (χ1) is 9.33. The fourth-order valence-electron chi connectivity index (χ4n) is 1.86. The molecule has 20 heavy (non-hydrogen) atoms. The van der Waals surface area contributed by atoms with Gasteiger partial charge in [0.2, 0.25) is 0 Å². The van der Waals surface area contributed by atoms with Gasteiger partial charge in [0.1, 0.15) is 0 Å². The second-order valence-electron chi connectivity index (χ2n) is 4.13. The Bertz CT molecular complexity index is 577. The third-order valence-electron chi connectivity index (χ3n) is 2.70. The maximum Gasteiger partial charge on any atom is 0.192 e. The minimum atomic E-state index is 0. The van der Waals surface area contributed by atoms with Gasteiger partial charge in [-0.1, -0.05) is 24.1 Å². The van der Waals surface area contributed by atoms with Gasteiger partial charge in [0.25, 0.3) is 0 Å². The van der Waals surface area contributed by atoms with Crippen molar-refractivity contribution in [2.24, 2.45) is 4.99 Å².